The highest BCUT2D eigenvalue weighted by molar-refractivity contribution is 5.35. The Morgan fingerprint density at radius 3 is 2.57 bits per heavy atom. The summed E-state index contributed by atoms with van der Waals surface area (Å²) in [7, 11) is 0. The lowest BCUT2D eigenvalue weighted by molar-refractivity contribution is 0.0928. The second kappa shape index (κ2) is 7.42. The molecule has 0 saturated carbocycles. The smallest absolute Gasteiger partial charge is 0.147 e. The number of piperidine rings is 1. The molecule has 5 heteroatoms. The summed E-state index contributed by atoms with van der Waals surface area (Å²) < 4.78 is 5.45. The minimum absolute atomic E-state index is 0.279. The molecular formula is C18H23N3O2. The van der Waals surface area contributed by atoms with Crippen LogP contribution in [0.25, 0.3) is 0 Å². The highest BCUT2D eigenvalue weighted by Crippen LogP contribution is 2.32. The molecule has 0 spiro atoms. The van der Waals surface area contributed by atoms with E-state index in [1.54, 1.807) is 18.6 Å². The average Bonchev–Trinajstić information content (AvgIpc) is 2.63. The van der Waals surface area contributed by atoms with Crippen molar-refractivity contribution in [3.8, 4) is 5.75 Å². The third-order valence-electron chi connectivity index (χ3n) is 4.39. The Balaban J connectivity index is 1.58. The summed E-state index contributed by atoms with van der Waals surface area (Å²) in [5.41, 5.74) is 0.964. The van der Waals surface area contributed by atoms with Crippen LogP contribution in [0.1, 0.15) is 31.4 Å². The number of aliphatic hydroxyl groups excluding tert-OH is 1. The molecule has 1 aromatic carbocycles. The predicted molar refractivity (Wildman–Crippen MR) is 89.5 cm³/mol. The van der Waals surface area contributed by atoms with Crippen LogP contribution < -0.4 is 9.64 Å². The molecule has 2 heterocycles. The van der Waals surface area contributed by atoms with Crippen LogP contribution in [0.3, 0.4) is 0 Å². The van der Waals surface area contributed by atoms with Crippen molar-refractivity contribution in [1.29, 1.82) is 0 Å². The van der Waals surface area contributed by atoms with Crippen LogP contribution in [0, 0.1) is 5.92 Å². The Bertz CT molecular complexity index is 595. The standard InChI is InChI=1S/C18H23N3O2/c1-2-23-16-5-3-14(4-6-16)18(22)15-7-11-21(12-8-15)17-13-19-9-10-20-17/h3-6,9-10,13,15,18,22H,2,7-8,11-12H2,1H3. The first-order chi connectivity index (χ1) is 11.3. The lowest BCUT2D eigenvalue weighted by atomic mass is 9.87. The molecule has 3 rings (SSSR count). The Kier molecular flexibility index (Phi) is 5.08. The first-order valence-corrected chi connectivity index (χ1v) is 8.19. The van der Waals surface area contributed by atoms with Crippen molar-refractivity contribution in [2.24, 2.45) is 5.92 Å². The molecule has 5 nitrogen and oxygen atoms in total. The average molecular weight is 313 g/mol. The third-order valence-corrected chi connectivity index (χ3v) is 4.39. The van der Waals surface area contributed by atoms with Crippen LogP contribution in [-0.2, 0) is 0 Å². The summed E-state index contributed by atoms with van der Waals surface area (Å²) in [5, 5.41) is 10.6. The summed E-state index contributed by atoms with van der Waals surface area (Å²) in [5.74, 6) is 2.04. The normalized spacial score (nSPS) is 17.0. The van der Waals surface area contributed by atoms with Crippen molar-refractivity contribution in [2.45, 2.75) is 25.9 Å². The van der Waals surface area contributed by atoms with Crippen LogP contribution in [0.2, 0.25) is 0 Å². The van der Waals surface area contributed by atoms with Crippen LogP contribution in [0.15, 0.2) is 42.9 Å². The summed E-state index contributed by atoms with van der Waals surface area (Å²) in [6, 6.07) is 7.78. The van der Waals surface area contributed by atoms with Crippen LogP contribution in [0.5, 0.6) is 5.75 Å². The van der Waals surface area contributed by atoms with Gasteiger partial charge in [-0.25, -0.2) is 4.98 Å². The number of rotatable bonds is 5. The minimum atomic E-state index is -0.422. The second-order valence-corrected chi connectivity index (χ2v) is 5.83. The van der Waals surface area contributed by atoms with Crippen LogP contribution >= 0.6 is 0 Å². The van der Waals surface area contributed by atoms with Gasteiger partial charge in [-0.1, -0.05) is 12.1 Å². The van der Waals surface area contributed by atoms with Gasteiger partial charge in [0.05, 0.1) is 18.9 Å². The van der Waals surface area contributed by atoms with E-state index < -0.39 is 6.10 Å². The number of aromatic nitrogens is 2. The van der Waals surface area contributed by atoms with E-state index in [1.807, 2.05) is 31.2 Å². The fraction of sp³-hybridized carbons (Fsp3) is 0.444. The summed E-state index contributed by atoms with van der Waals surface area (Å²) in [6.07, 6.45) is 6.68. The Morgan fingerprint density at radius 2 is 1.96 bits per heavy atom. The molecular weight excluding hydrogens is 290 g/mol. The maximum Gasteiger partial charge on any atom is 0.147 e. The van der Waals surface area contributed by atoms with Crippen molar-refractivity contribution < 1.29 is 9.84 Å². The van der Waals surface area contributed by atoms with Crippen LogP contribution in [-0.4, -0.2) is 34.8 Å². The van der Waals surface area contributed by atoms with Gasteiger partial charge < -0.3 is 14.7 Å². The van der Waals surface area contributed by atoms with Gasteiger partial charge in [-0.15, -0.1) is 0 Å². The Labute approximate surface area is 137 Å². The molecule has 0 aliphatic carbocycles. The van der Waals surface area contributed by atoms with Gasteiger partial charge in [0.15, 0.2) is 0 Å². The topological polar surface area (TPSA) is 58.5 Å². The molecule has 2 aromatic rings. The zero-order valence-corrected chi connectivity index (χ0v) is 13.4. The molecule has 1 aliphatic rings. The van der Waals surface area contributed by atoms with Crippen molar-refractivity contribution in [1.82, 2.24) is 9.97 Å². The van der Waals surface area contributed by atoms with Gasteiger partial charge in [-0.3, -0.25) is 4.98 Å². The lowest BCUT2D eigenvalue weighted by Gasteiger charge is -2.34. The minimum Gasteiger partial charge on any atom is -0.494 e. The summed E-state index contributed by atoms with van der Waals surface area (Å²) in [6.45, 7) is 4.42. The number of hydrogen-bond acceptors (Lipinski definition) is 5. The van der Waals surface area contributed by atoms with E-state index in [2.05, 4.69) is 14.9 Å². The molecule has 0 bridgehead atoms. The fourth-order valence-corrected chi connectivity index (χ4v) is 3.10. The van der Waals surface area contributed by atoms with Crippen LogP contribution in [0.4, 0.5) is 5.82 Å². The van der Waals surface area contributed by atoms with Gasteiger partial charge in [0, 0.05) is 25.5 Å². The highest BCUT2D eigenvalue weighted by Gasteiger charge is 2.26. The first kappa shape index (κ1) is 15.7. The van der Waals surface area contributed by atoms with Crippen molar-refractivity contribution in [3.63, 3.8) is 0 Å². The van der Waals surface area contributed by atoms with Gasteiger partial charge in [0.1, 0.15) is 11.6 Å². The molecule has 122 valence electrons. The molecule has 1 fully saturated rings. The maximum absolute atomic E-state index is 10.6. The largest absolute Gasteiger partial charge is 0.494 e. The van der Waals surface area contributed by atoms with Crippen molar-refractivity contribution in [2.75, 3.05) is 24.6 Å². The van der Waals surface area contributed by atoms with E-state index in [0.29, 0.717) is 6.61 Å². The number of anilines is 1. The molecule has 1 aliphatic heterocycles. The number of ether oxygens (including phenoxy) is 1. The van der Waals surface area contributed by atoms with Crippen molar-refractivity contribution >= 4 is 5.82 Å². The molecule has 1 saturated heterocycles. The molecule has 23 heavy (non-hydrogen) atoms. The van der Waals surface area contributed by atoms with E-state index in [0.717, 1.165) is 43.1 Å². The molecule has 0 amide bonds. The fourth-order valence-electron chi connectivity index (χ4n) is 3.10. The third kappa shape index (κ3) is 3.79. The molecule has 1 atom stereocenters. The van der Waals surface area contributed by atoms with E-state index in [9.17, 15) is 5.11 Å². The first-order valence-electron chi connectivity index (χ1n) is 8.19. The Hall–Kier alpha value is -2.14. The van der Waals surface area contributed by atoms with Gasteiger partial charge in [0.2, 0.25) is 0 Å². The zero-order chi connectivity index (χ0) is 16.1. The number of aliphatic hydroxyl groups is 1. The lowest BCUT2D eigenvalue weighted by Crippen LogP contribution is -2.36. The number of benzene rings is 1. The Morgan fingerprint density at radius 1 is 1.22 bits per heavy atom. The number of hydrogen-bond donors (Lipinski definition) is 1. The molecule has 1 aromatic heterocycles. The summed E-state index contributed by atoms with van der Waals surface area (Å²) >= 11 is 0. The quantitative estimate of drug-likeness (QED) is 0.920. The SMILES string of the molecule is CCOc1ccc(C(O)C2CCN(c3cnccn3)CC2)cc1. The molecule has 1 unspecified atom stereocenters. The van der Waals surface area contributed by atoms with Gasteiger partial charge in [-0.2, -0.15) is 0 Å². The van der Waals surface area contributed by atoms with Crippen molar-refractivity contribution in [3.05, 3.63) is 48.4 Å². The number of nitrogens with zero attached hydrogens (tertiary/aromatic N) is 3. The van der Waals surface area contributed by atoms with Gasteiger partial charge >= 0.3 is 0 Å². The van der Waals surface area contributed by atoms with Gasteiger partial charge in [0.25, 0.3) is 0 Å². The highest BCUT2D eigenvalue weighted by atomic mass is 16.5. The monoisotopic (exact) mass is 313 g/mol. The van der Waals surface area contributed by atoms with E-state index >= 15 is 0 Å². The van der Waals surface area contributed by atoms with E-state index in [1.165, 1.54) is 0 Å². The zero-order valence-electron chi connectivity index (χ0n) is 13.4. The van der Waals surface area contributed by atoms with E-state index in [-0.39, 0.29) is 5.92 Å². The van der Waals surface area contributed by atoms with E-state index in [4.69, 9.17) is 4.74 Å². The maximum atomic E-state index is 10.6. The molecule has 1 N–H and O–H groups in total. The van der Waals surface area contributed by atoms with Gasteiger partial charge in [-0.05, 0) is 43.4 Å². The summed E-state index contributed by atoms with van der Waals surface area (Å²) in [4.78, 5) is 10.7. The predicted octanol–water partition coefficient (Wildman–Crippen LogP) is 2.83. The molecule has 0 radical (unpaired) electrons. The second-order valence-electron chi connectivity index (χ2n) is 5.83.